The van der Waals surface area contributed by atoms with Crippen molar-refractivity contribution in [1.82, 2.24) is 0 Å². The Labute approximate surface area is 102 Å². The molecule has 0 spiro atoms. The molecule has 1 aromatic carbocycles. The fraction of sp³-hybridized carbons (Fsp3) is 0.533. The smallest absolute Gasteiger partial charge is 0.0361 e. The van der Waals surface area contributed by atoms with Crippen LogP contribution in [0.25, 0.3) is 0 Å². The van der Waals surface area contributed by atoms with Crippen molar-refractivity contribution in [2.75, 3.05) is 6.54 Å². The third-order valence-corrected chi connectivity index (χ3v) is 1.95. The quantitative estimate of drug-likeness (QED) is 0.636. The zero-order valence-electron chi connectivity index (χ0n) is 12.0. The van der Waals surface area contributed by atoms with E-state index in [1.807, 2.05) is 40.8 Å². The van der Waals surface area contributed by atoms with E-state index in [0.29, 0.717) is 0 Å². The van der Waals surface area contributed by atoms with Gasteiger partial charge in [0.2, 0.25) is 0 Å². The number of aryl methyl sites for hydroxylation is 2. The lowest BCUT2D eigenvalue weighted by Gasteiger charge is -2.02. The normalized spacial score (nSPS) is 8.94. The number of hydrogen-bond donors (Lipinski definition) is 0. The Morgan fingerprint density at radius 2 is 1.44 bits per heavy atom. The van der Waals surface area contributed by atoms with Gasteiger partial charge >= 0.3 is 0 Å². The van der Waals surface area contributed by atoms with Crippen molar-refractivity contribution < 1.29 is 0 Å². The molecule has 1 nitrogen and oxygen atoms in total. The molecule has 0 atom stereocenters. The first-order valence-electron chi connectivity index (χ1n) is 6.31. The van der Waals surface area contributed by atoms with E-state index in [1.54, 1.807) is 0 Å². The van der Waals surface area contributed by atoms with E-state index in [-0.39, 0.29) is 0 Å². The average Bonchev–Trinajstić information content (AvgIpc) is 2.34. The van der Waals surface area contributed by atoms with Crippen molar-refractivity contribution in [3.05, 3.63) is 34.9 Å². The first kappa shape index (κ1) is 17.3. The van der Waals surface area contributed by atoms with Gasteiger partial charge in [0.15, 0.2) is 0 Å². The van der Waals surface area contributed by atoms with Crippen molar-refractivity contribution in [3.8, 4) is 0 Å². The highest BCUT2D eigenvalue weighted by molar-refractivity contribution is 5.83. The maximum absolute atomic E-state index is 4.24. The van der Waals surface area contributed by atoms with E-state index in [4.69, 9.17) is 0 Å². The summed E-state index contributed by atoms with van der Waals surface area (Å²) in [4.78, 5) is 4.24. The zero-order valence-corrected chi connectivity index (χ0v) is 12.0. The Hall–Kier alpha value is -1.11. The van der Waals surface area contributed by atoms with Gasteiger partial charge in [-0.25, -0.2) is 0 Å². The topological polar surface area (TPSA) is 12.4 Å². The third-order valence-electron chi connectivity index (χ3n) is 1.95. The predicted octanol–water partition coefficient (Wildman–Crippen LogP) is 4.79. The molecule has 1 heteroatoms. The summed E-state index contributed by atoms with van der Waals surface area (Å²) in [5, 5.41) is 0. The lowest BCUT2D eigenvalue weighted by Crippen LogP contribution is -1.91. The minimum atomic E-state index is 0.855. The molecule has 0 aliphatic carbocycles. The minimum Gasteiger partial charge on any atom is -0.293 e. The van der Waals surface area contributed by atoms with Gasteiger partial charge < -0.3 is 0 Å². The van der Waals surface area contributed by atoms with Crippen LogP contribution in [0.15, 0.2) is 23.2 Å². The number of benzene rings is 1. The van der Waals surface area contributed by atoms with Crippen molar-refractivity contribution in [3.63, 3.8) is 0 Å². The van der Waals surface area contributed by atoms with Crippen LogP contribution in [-0.2, 0) is 0 Å². The van der Waals surface area contributed by atoms with Crippen LogP contribution < -0.4 is 0 Å². The van der Waals surface area contributed by atoms with Crippen LogP contribution in [0, 0.1) is 13.8 Å². The zero-order chi connectivity index (χ0) is 13.0. The van der Waals surface area contributed by atoms with Gasteiger partial charge in [-0.1, -0.05) is 45.9 Å². The molecule has 1 rings (SSSR count). The SMILES string of the molecule is CC.CC.CCN=Cc1c(C)cccc1C. The Kier molecular flexibility index (Phi) is 12.9. The van der Waals surface area contributed by atoms with Gasteiger partial charge in [-0.05, 0) is 37.5 Å². The van der Waals surface area contributed by atoms with Crippen molar-refractivity contribution in [2.45, 2.75) is 48.5 Å². The van der Waals surface area contributed by atoms with Crippen LogP contribution in [0.1, 0.15) is 51.3 Å². The Morgan fingerprint density at radius 3 is 1.81 bits per heavy atom. The van der Waals surface area contributed by atoms with Crippen LogP contribution in [0.5, 0.6) is 0 Å². The van der Waals surface area contributed by atoms with E-state index >= 15 is 0 Å². The molecule has 16 heavy (non-hydrogen) atoms. The van der Waals surface area contributed by atoms with Gasteiger partial charge in [-0.3, -0.25) is 4.99 Å². The third kappa shape index (κ3) is 6.39. The highest BCUT2D eigenvalue weighted by Crippen LogP contribution is 2.10. The van der Waals surface area contributed by atoms with Gasteiger partial charge in [0.1, 0.15) is 0 Å². The van der Waals surface area contributed by atoms with Crippen LogP contribution in [-0.4, -0.2) is 12.8 Å². The standard InChI is InChI=1S/C11H15N.2C2H6/c1-4-12-8-11-9(2)6-5-7-10(11)3;2*1-2/h5-8H,4H2,1-3H3;2*1-2H3. The summed E-state index contributed by atoms with van der Waals surface area (Å²) in [5.74, 6) is 0. The van der Waals surface area contributed by atoms with Crippen LogP contribution >= 0.6 is 0 Å². The van der Waals surface area contributed by atoms with Crippen molar-refractivity contribution in [1.29, 1.82) is 0 Å². The first-order valence-corrected chi connectivity index (χ1v) is 6.31. The van der Waals surface area contributed by atoms with Gasteiger partial charge in [0.25, 0.3) is 0 Å². The van der Waals surface area contributed by atoms with E-state index < -0.39 is 0 Å². The van der Waals surface area contributed by atoms with Crippen LogP contribution in [0.3, 0.4) is 0 Å². The fourth-order valence-corrected chi connectivity index (χ4v) is 1.21. The lowest BCUT2D eigenvalue weighted by atomic mass is 10.0. The summed E-state index contributed by atoms with van der Waals surface area (Å²) in [6.45, 7) is 15.1. The van der Waals surface area contributed by atoms with Crippen LogP contribution in [0.4, 0.5) is 0 Å². The first-order chi connectivity index (χ1) is 7.75. The second-order valence-corrected chi connectivity index (χ2v) is 2.93. The highest BCUT2D eigenvalue weighted by atomic mass is 14.7. The minimum absolute atomic E-state index is 0.855. The molecule has 0 saturated carbocycles. The second-order valence-electron chi connectivity index (χ2n) is 2.93. The maximum atomic E-state index is 4.24. The van der Waals surface area contributed by atoms with E-state index in [0.717, 1.165) is 6.54 Å². The Morgan fingerprint density at radius 1 is 1.00 bits per heavy atom. The number of hydrogen-bond acceptors (Lipinski definition) is 1. The van der Waals surface area contributed by atoms with Crippen LogP contribution in [0.2, 0.25) is 0 Å². The Bertz CT molecular complexity index is 267. The fourth-order valence-electron chi connectivity index (χ4n) is 1.21. The molecule has 0 radical (unpaired) electrons. The highest BCUT2D eigenvalue weighted by Gasteiger charge is 1.96. The Balaban J connectivity index is 0. The van der Waals surface area contributed by atoms with Crippen molar-refractivity contribution in [2.24, 2.45) is 4.99 Å². The summed E-state index contributed by atoms with van der Waals surface area (Å²) in [6, 6.07) is 6.31. The average molecular weight is 221 g/mol. The summed E-state index contributed by atoms with van der Waals surface area (Å²) in [5.41, 5.74) is 3.86. The number of rotatable bonds is 2. The van der Waals surface area contributed by atoms with Gasteiger partial charge in [-0.2, -0.15) is 0 Å². The van der Waals surface area contributed by atoms with Gasteiger partial charge in [-0.15, -0.1) is 0 Å². The predicted molar refractivity (Wildman–Crippen MR) is 76.7 cm³/mol. The molecule has 0 amide bonds. The van der Waals surface area contributed by atoms with E-state index in [1.165, 1.54) is 16.7 Å². The molecule has 0 heterocycles. The molecule has 0 N–H and O–H groups in total. The summed E-state index contributed by atoms with van der Waals surface area (Å²) in [7, 11) is 0. The maximum Gasteiger partial charge on any atom is 0.0361 e. The second kappa shape index (κ2) is 12.0. The molecule has 0 fully saturated rings. The summed E-state index contributed by atoms with van der Waals surface area (Å²) in [6.07, 6.45) is 1.96. The summed E-state index contributed by atoms with van der Waals surface area (Å²) < 4.78 is 0. The number of aliphatic imine (C=N–C) groups is 1. The van der Waals surface area contributed by atoms with Crippen molar-refractivity contribution >= 4 is 6.21 Å². The van der Waals surface area contributed by atoms with Gasteiger partial charge in [0, 0.05) is 12.8 Å². The number of nitrogens with zero attached hydrogens (tertiary/aromatic N) is 1. The van der Waals surface area contributed by atoms with E-state index in [9.17, 15) is 0 Å². The van der Waals surface area contributed by atoms with E-state index in [2.05, 4.69) is 37.0 Å². The molecule has 0 aromatic heterocycles. The molecule has 92 valence electrons. The molecule has 0 bridgehead atoms. The monoisotopic (exact) mass is 221 g/mol. The molecule has 0 saturated heterocycles. The molecule has 0 aliphatic rings. The molecular weight excluding hydrogens is 194 g/mol. The summed E-state index contributed by atoms with van der Waals surface area (Å²) >= 11 is 0. The molecular formula is C15H27N. The lowest BCUT2D eigenvalue weighted by molar-refractivity contribution is 1.14. The largest absolute Gasteiger partial charge is 0.293 e. The molecule has 0 unspecified atom stereocenters. The molecule has 0 aliphatic heterocycles. The molecule has 1 aromatic rings. The van der Waals surface area contributed by atoms with Gasteiger partial charge in [0.05, 0.1) is 0 Å².